The van der Waals surface area contributed by atoms with Gasteiger partial charge in [0.2, 0.25) is 0 Å². The highest BCUT2D eigenvalue weighted by Gasteiger charge is 2.26. The molecule has 1 aliphatic heterocycles. The van der Waals surface area contributed by atoms with Crippen LogP contribution in [-0.4, -0.2) is 38.2 Å². The van der Waals surface area contributed by atoms with E-state index in [0.717, 1.165) is 29.2 Å². The van der Waals surface area contributed by atoms with Crippen molar-refractivity contribution in [2.45, 2.75) is 39.7 Å². The van der Waals surface area contributed by atoms with E-state index in [-0.39, 0.29) is 5.54 Å². The van der Waals surface area contributed by atoms with Crippen molar-refractivity contribution in [2.75, 3.05) is 26.9 Å². The largest absolute Gasteiger partial charge is 0.493 e. The van der Waals surface area contributed by atoms with E-state index < -0.39 is 0 Å². The Morgan fingerprint density at radius 1 is 1.19 bits per heavy atom. The number of hydrogen-bond donors (Lipinski definition) is 0. The van der Waals surface area contributed by atoms with Gasteiger partial charge in [-0.1, -0.05) is 0 Å². The number of benzene rings is 1. The second kappa shape index (κ2) is 6.48. The van der Waals surface area contributed by atoms with Gasteiger partial charge in [-0.2, -0.15) is 0 Å². The van der Waals surface area contributed by atoms with Crippen LogP contribution < -0.4 is 9.47 Å². The summed E-state index contributed by atoms with van der Waals surface area (Å²) in [6, 6.07) is 4.11. The SMILES string of the molecule is CCOCCOc1cc2c(cc1OC)CC(C)(C)N=C2C. The van der Waals surface area contributed by atoms with Crippen LogP contribution in [0.5, 0.6) is 11.5 Å². The summed E-state index contributed by atoms with van der Waals surface area (Å²) >= 11 is 0. The minimum atomic E-state index is -0.0561. The molecule has 0 N–H and O–H groups in total. The van der Waals surface area contributed by atoms with E-state index in [2.05, 4.69) is 26.8 Å². The van der Waals surface area contributed by atoms with Crippen molar-refractivity contribution < 1.29 is 14.2 Å². The molecule has 116 valence electrons. The minimum Gasteiger partial charge on any atom is -0.493 e. The molecule has 0 bridgehead atoms. The Morgan fingerprint density at radius 2 is 1.95 bits per heavy atom. The first-order chi connectivity index (χ1) is 9.96. The Morgan fingerprint density at radius 3 is 2.62 bits per heavy atom. The fourth-order valence-electron chi connectivity index (χ4n) is 2.73. The molecule has 0 amide bonds. The van der Waals surface area contributed by atoms with Gasteiger partial charge in [-0.25, -0.2) is 0 Å². The van der Waals surface area contributed by atoms with E-state index >= 15 is 0 Å². The number of hydrogen-bond acceptors (Lipinski definition) is 4. The number of rotatable bonds is 6. The molecular formula is C17H25NO3. The molecule has 0 atom stereocenters. The fraction of sp³-hybridized carbons (Fsp3) is 0.588. The Balaban J connectivity index is 2.26. The third-order valence-electron chi connectivity index (χ3n) is 3.56. The normalized spacial score (nSPS) is 16.1. The van der Waals surface area contributed by atoms with Crippen LogP contribution in [0.4, 0.5) is 0 Å². The lowest BCUT2D eigenvalue weighted by Gasteiger charge is -2.28. The predicted molar refractivity (Wildman–Crippen MR) is 85.0 cm³/mol. The van der Waals surface area contributed by atoms with E-state index in [0.29, 0.717) is 19.8 Å². The number of nitrogens with zero attached hydrogens (tertiary/aromatic N) is 1. The second-order valence-electron chi connectivity index (χ2n) is 5.89. The molecule has 0 aliphatic carbocycles. The van der Waals surface area contributed by atoms with E-state index in [1.54, 1.807) is 7.11 Å². The van der Waals surface area contributed by atoms with Gasteiger partial charge in [0.15, 0.2) is 11.5 Å². The first-order valence-electron chi connectivity index (χ1n) is 7.45. The van der Waals surface area contributed by atoms with Crippen molar-refractivity contribution in [1.29, 1.82) is 0 Å². The molecule has 0 unspecified atom stereocenters. The molecule has 4 nitrogen and oxygen atoms in total. The van der Waals surface area contributed by atoms with Crippen LogP contribution in [0, 0.1) is 0 Å². The quantitative estimate of drug-likeness (QED) is 0.755. The van der Waals surface area contributed by atoms with Crippen molar-refractivity contribution in [3.05, 3.63) is 23.3 Å². The summed E-state index contributed by atoms with van der Waals surface area (Å²) in [5.41, 5.74) is 3.42. The third kappa shape index (κ3) is 3.76. The predicted octanol–water partition coefficient (Wildman–Crippen LogP) is 3.25. The minimum absolute atomic E-state index is 0.0561. The highest BCUT2D eigenvalue weighted by atomic mass is 16.5. The summed E-state index contributed by atoms with van der Waals surface area (Å²) in [4.78, 5) is 4.76. The maximum atomic E-state index is 5.79. The van der Waals surface area contributed by atoms with E-state index in [9.17, 15) is 0 Å². The third-order valence-corrected chi connectivity index (χ3v) is 3.56. The van der Waals surface area contributed by atoms with Gasteiger partial charge in [0.1, 0.15) is 6.61 Å². The van der Waals surface area contributed by atoms with E-state index in [4.69, 9.17) is 19.2 Å². The summed E-state index contributed by atoms with van der Waals surface area (Å²) < 4.78 is 16.6. The summed E-state index contributed by atoms with van der Waals surface area (Å²) in [6.07, 6.45) is 0.912. The zero-order valence-electron chi connectivity index (χ0n) is 13.7. The lowest BCUT2D eigenvalue weighted by atomic mass is 9.87. The summed E-state index contributed by atoms with van der Waals surface area (Å²) in [6.45, 7) is 10.1. The number of aliphatic imine (C=N–C) groups is 1. The maximum Gasteiger partial charge on any atom is 0.161 e. The van der Waals surface area contributed by atoms with Crippen molar-refractivity contribution >= 4 is 5.71 Å². The Kier molecular flexibility index (Phi) is 4.88. The Hall–Kier alpha value is -1.55. The smallest absolute Gasteiger partial charge is 0.161 e. The van der Waals surface area contributed by atoms with Crippen molar-refractivity contribution in [1.82, 2.24) is 0 Å². The van der Waals surface area contributed by atoms with Crippen LogP contribution in [0.3, 0.4) is 0 Å². The molecule has 1 heterocycles. The van der Waals surface area contributed by atoms with Gasteiger partial charge in [0.05, 0.1) is 19.3 Å². The maximum absolute atomic E-state index is 5.79. The van der Waals surface area contributed by atoms with Crippen molar-refractivity contribution in [2.24, 2.45) is 4.99 Å². The molecule has 1 aliphatic rings. The van der Waals surface area contributed by atoms with Crippen molar-refractivity contribution in [3.63, 3.8) is 0 Å². The van der Waals surface area contributed by atoms with Gasteiger partial charge in [-0.05, 0) is 51.8 Å². The number of ether oxygens (including phenoxy) is 3. The zero-order chi connectivity index (χ0) is 15.5. The fourth-order valence-corrected chi connectivity index (χ4v) is 2.73. The van der Waals surface area contributed by atoms with Crippen LogP contribution in [0.2, 0.25) is 0 Å². The molecule has 2 rings (SSSR count). The molecule has 0 spiro atoms. The molecule has 0 radical (unpaired) electrons. The molecule has 0 saturated carbocycles. The Labute approximate surface area is 127 Å². The summed E-state index contributed by atoms with van der Waals surface area (Å²) in [7, 11) is 1.67. The monoisotopic (exact) mass is 291 g/mol. The standard InChI is InChI=1S/C17H25NO3/c1-6-20-7-8-21-16-10-14-12(2)18-17(3,4)11-13(14)9-15(16)19-5/h9-10H,6-8,11H2,1-5H3. The van der Waals surface area contributed by atoms with Gasteiger partial charge < -0.3 is 14.2 Å². The van der Waals surface area contributed by atoms with Gasteiger partial charge >= 0.3 is 0 Å². The molecule has 4 heteroatoms. The van der Waals surface area contributed by atoms with E-state index in [1.807, 2.05) is 13.0 Å². The highest BCUT2D eigenvalue weighted by molar-refractivity contribution is 6.01. The van der Waals surface area contributed by atoms with Crippen LogP contribution in [0.1, 0.15) is 38.8 Å². The molecule has 1 aromatic carbocycles. The van der Waals surface area contributed by atoms with Crippen LogP contribution in [0.25, 0.3) is 0 Å². The molecule has 0 saturated heterocycles. The van der Waals surface area contributed by atoms with Gasteiger partial charge in [0, 0.05) is 17.9 Å². The first kappa shape index (κ1) is 15.8. The second-order valence-corrected chi connectivity index (χ2v) is 5.89. The highest BCUT2D eigenvalue weighted by Crippen LogP contribution is 2.36. The zero-order valence-corrected chi connectivity index (χ0v) is 13.7. The lowest BCUT2D eigenvalue weighted by molar-refractivity contribution is 0.109. The average Bonchev–Trinajstić information content (AvgIpc) is 2.42. The molecule has 0 aromatic heterocycles. The number of fused-ring (bicyclic) bond motifs is 1. The molecular weight excluding hydrogens is 266 g/mol. The van der Waals surface area contributed by atoms with Gasteiger partial charge in [-0.15, -0.1) is 0 Å². The van der Waals surface area contributed by atoms with Gasteiger partial charge in [0.25, 0.3) is 0 Å². The van der Waals surface area contributed by atoms with Crippen molar-refractivity contribution in [3.8, 4) is 11.5 Å². The number of methoxy groups -OCH3 is 1. The summed E-state index contributed by atoms with van der Waals surface area (Å²) in [5, 5.41) is 0. The molecule has 21 heavy (non-hydrogen) atoms. The van der Waals surface area contributed by atoms with E-state index in [1.165, 1.54) is 5.56 Å². The van der Waals surface area contributed by atoms with Crippen LogP contribution >= 0.6 is 0 Å². The lowest BCUT2D eigenvalue weighted by Crippen LogP contribution is -2.28. The average molecular weight is 291 g/mol. The molecule has 0 fully saturated rings. The summed E-state index contributed by atoms with van der Waals surface area (Å²) in [5.74, 6) is 1.53. The van der Waals surface area contributed by atoms with Crippen LogP contribution in [-0.2, 0) is 11.2 Å². The van der Waals surface area contributed by atoms with Crippen LogP contribution in [0.15, 0.2) is 17.1 Å². The topological polar surface area (TPSA) is 40.0 Å². The van der Waals surface area contributed by atoms with Gasteiger partial charge in [-0.3, -0.25) is 4.99 Å². The Bertz CT molecular complexity index is 535. The first-order valence-corrected chi connectivity index (χ1v) is 7.45. The molecule has 1 aromatic rings.